The summed E-state index contributed by atoms with van der Waals surface area (Å²) in [6, 6.07) is 11.2. The molecule has 2 heterocycles. The van der Waals surface area contributed by atoms with E-state index in [4.69, 9.17) is 16.3 Å². The monoisotopic (exact) mass is 378 g/mol. The highest BCUT2D eigenvalue weighted by molar-refractivity contribution is 9.10. The van der Waals surface area contributed by atoms with E-state index in [1.165, 1.54) is 0 Å². The Morgan fingerprint density at radius 2 is 2.00 bits per heavy atom. The van der Waals surface area contributed by atoms with Crippen LogP contribution in [0.15, 0.2) is 47.1 Å². The molecular weight excluding hydrogens is 368 g/mol. The number of halogens is 2. The fraction of sp³-hybridized carbons (Fsp3) is 0.133. The maximum atomic E-state index is 6.20. The van der Waals surface area contributed by atoms with Gasteiger partial charge in [-0.2, -0.15) is 0 Å². The van der Waals surface area contributed by atoms with Gasteiger partial charge in [0.1, 0.15) is 6.61 Å². The molecule has 0 radical (unpaired) electrons. The number of rotatable bonds is 4. The smallest absolute Gasteiger partial charge is 0.213 e. The maximum Gasteiger partial charge on any atom is 0.213 e. The molecule has 0 aliphatic rings. The van der Waals surface area contributed by atoms with E-state index in [1.54, 1.807) is 12.3 Å². The first-order valence-electron chi connectivity index (χ1n) is 6.52. The second-order valence-electron chi connectivity index (χ2n) is 4.58. The van der Waals surface area contributed by atoms with Crippen molar-refractivity contribution in [1.29, 1.82) is 0 Å². The first-order valence-corrected chi connectivity index (χ1v) is 7.70. The van der Waals surface area contributed by atoms with Gasteiger partial charge in [0.2, 0.25) is 5.88 Å². The fourth-order valence-electron chi connectivity index (χ4n) is 1.95. The van der Waals surface area contributed by atoms with Crippen molar-refractivity contribution < 1.29 is 4.74 Å². The van der Waals surface area contributed by atoms with Crippen LogP contribution in [0.25, 0.3) is 11.4 Å². The molecule has 3 rings (SSSR count). The average Bonchev–Trinajstić information content (AvgIpc) is 2.88. The largest absolute Gasteiger partial charge is 0.469 e. The Morgan fingerprint density at radius 1 is 1.18 bits per heavy atom. The highest BCUT2D eigenvalue weighted by Gasteiger charge is 2.13. The highest BCUT2D eigenvalue weighted by Crippen LogP contribution is 2.26. The Labute approximate surface area is 141 Å². The Balaban J connectivity index is 1.79. The standard InChI is InChI=1S/C15H12BrClN4O/c1-21-13(9-22-14-7-6-10(16)8-18-14)19-20-15(21)11-4-2-3-5-12(11)17/h2-8H,9H2,1H3. The lowest BCUT2D eigenvalue weighted by atomic mass is 10.2. The van der Waals surface area contributed by atoms with Crippen LogP contribution in [0.4, 0.5) is 0 Å². The van der Waals surface area contributed by atoms with Gasteiger partial charge in [-0.1, -0.05) is 23.7 Å². The first-order chi connectivity index (χ1) is 10.6. The Hall–Kier alpha value is -1.92. The molecule has 0 atom stereocenters. The van der Waals surface area contributed by atoms with E-state index < -0.39 is 0 Å². The van der Waals surface area contributed by atoms with E-state index in [2.05, 4.69) is 31.1 Å². The minimum Gasteiger partial charge on any atom is -0.469 e. The number of aromatic nitrogens is 4. The van der Waals surface area contributed by atoms with Gasteiger partial charge in [0, 0.05) is 29.3 Å². The average molecular weight is 380 g/mol. The van der Waals surface area contributed by atoms with Crippen molar-refractivity contribution >= 4 is 27.5 Å². The van der Waals surface area contributed by atoms with Crippen LogP contribution in [0, 0.1) is 0 Å². The molecule has 0 saturated heterocycles. The molecule has 0 spiro atoms. The fourth-order valence-corrected chi connectivity index (χ4v) is 2.41. The van der Waals surface area contributed by atoms with Crippen molar-refractivity contribution in [3.05, 3.63) is 57.9 Å². The second kappa shape index (κ2) is 6.46. The van der Waals surface area contributed by atoms with Gasteiger partial charge < -0.3 is 9.30 Å². The lowest BCUT2D eigenvalue weighted by molar-refractivity contribution is 0.280. The molecule has 0 aliphatic heterocycles. The Morgan fingerprint density at radius 3 is 2.73 bits per heavy atom. The Bertz CT molecular complexity index is 788. The number of hydrogen-bond donors (Lipinski definition) is 0. The van der Waals surface area contributed by atoms with E-state index in [0.717, 1.165) is 10.0 Å². The van der Waals surface area contributed by atoms with E-state index in [0.29, 0.717) is 22.6 Å². The van der Waals surface area contributed by atoms with Crippen LogP contribution in [0.2, 0.25) is 5.02 Å². The molecule has 112 valence electrons. The molecule has 5 nitrogen and oxygen atoms in total. The summed E-state index contributed by atoms with van der Waals surface area (Å²) in [5, 5.41) is 8.99. The number of benzene rings is 1. The van der Waals surface area contributed by atoms with Crippen LogP contribution in [0.1, 0.15) is 5.82 Å². The molecule has 0 N–H and O–H groups in total. The number of nitrogens with zero attached hydrogens (tertiary/aromatic N) is 4. The molecule has 0 unspecified atom stereocenters. The predicted molar refractivity (Wildman–Crippen MR) is 87.7 cm³/mol. The third-order valence-corrected chi connectivity index (χ3v) is 3.93. The Kier molecular flexibility index (Phi) is 4.40. The summed E-state index contributed by atoms with van der Waals surface area (Å²) in [5.41, 5.74) is 0.840. The predicted octanol–water partition coefficient (Wildman–Crippen LogP) is 3.87. The van der Waals surface area contributed by atoms with Crippen molar-refractivity contribution in [2.45, 2.75) is 6.61 Å². The zero-order valence-electron chi connectivity index (χ0n) is 11.7. The highest BCUT2D eigenvalue weighted by atomic mass is 79.9. The summed E-state index contributed by atoms with van der Waals surface area (Å²) < 4.78 is 8.38. The molecule has 0 fully saturated rings. The molecule has 7 heteroatoms. The minimum absolute atomic E-state index is 0.280. The first kappa shape index (κ1) is 15.0. The number of hydrogen-bond acceptors (Lipinski definition) is 4. The summed E-state index contributed by atoms with van der Waals surface area (Å²) in [7, 11) is 1.88. The van der Waals surface area contributed by atoms with E-state index >= 15 is 0 Å². The van der Waals surface area contributed by atoms with Crippen molar-refractivity contribution in [2.75, 3.05) is 0 Å². The lowest BCUT2D eigenvalue weighted by Crippen LogP contribution is -2.05. The van der Waals surface area contributed by atoms with Crippen molar-refractivity contribution in [3.8, 4) is 17.3 Å². The molecule has 0 amide bonds. The summed E-state index contributed by atoms with van der Waals surface area (Å²) in [6.45, 7) is 0.280. The molecular formula is C15H12BrClN4O. The quantitative estimate of drug-likeness (QED) is 0.690. The minimum atomic E-state index is 0.280. The van der Waals surface area contributed by atoms with Crippen LogP contribution in [0.3, 0.4) is 0 Å². The SMILES string of the molecule is Cn1c(COc2ccc(Br)cn2)nnc1-c1ccccc1Cl. The third kappa shape index (κ3) is 3.13. The van der Waals surface area contributed by atoms with Crippen molar-refractivity contribution in [3.63, 3.8) is 0 Å². The molecule has 1 aromatic carbocycles. The van der Waals surface area contributed by atoms with E-state index in [9.17, 15) is 0 Å². The molecule has 2 aromatic heterocycles. The zero-order valence-corrected chi connectivity index (χ0v) is 14.0. The van der Waals surface area contributed by atoms with Crippen LogP contribution in [-0.4, -0.2) is 19.7 Å². The van der Waals surface area contributed by atoms with Gasteiger partial charge >= 0.3 is 0 Å². The molecule has 0 bridgehead atoms. The second-order valence-corrected chi connectivity index (χ2v) is 5.90. The number of pyridine rings is 1. The van der Waals surface area contributed by atoms with Crippen LogP contribution in [0.5, 0.6) is 5.88 Å². The van der Waals surface area contributed by atoms with Gasteiger partial charge in [-0.3, -0.25) is 0 Å². The number of ether oxygens (including phenoxy) is 1. The van der Waals surface area contributed by atoms with Gasteiger partial charge in [0.15, 0.2) is 11.6 Å². The summed E-state index contributed by atoms with van der Waals surface area (Å²) in [6.07, 6.45) is 1.68. The topological polar surface area (TPSA) is 52.8 Å². The van der Waals surface area contributed by atoms with Gasteiger partial charge in [0.25, 0.3) is 0 Å². The molecule has 3 aromatic rings. The maximum absolute atomic E-state index is 6.20. The normalized spacial score (nSPS) is 10.7. The van der Waals surface area contributed by atoms with Crippen molar-refractivity contribution in [2.24, 2.45) is 7.05 Å². The summed E-state index contributed by atoms with van der Waals surface area (Å²) >= 11 is 9.53. The molecule has 22 heavy (non-hydrogen) atoms. The summed E-state index contributed by atoms with van der Waals surface area (Å²) in [5.74, 6) is 1.93. The lowest BCUT2D eigenvalue weighted by Gasteiger charge is -2.07. The molecule has 0 aliphatic carbocycles. The van der Waals surface area contributed by atoms with Gasteiger partial charge in [-0.05, 0) is 34.1 Å². The van der Waals surface area contributed by atoms with E-state index in [1.807, 2.05) is 41.9 Å². The molecule has 0 saturated carbocycles. The van der Waals surface area contributed by atoms with Gasteiger partial charge in [0.05, 0.1) is 5.02 Å². The zero-order chi connectivity index (χ0) is 15.5. The van der Waals surface area contributed by atoms with Crippen LogP contribution >= 0.6 is 27.5 Å². The van der Waals surface area contributed by atoms with Crippen LogP contribution < -0.4 is 4.74 Å². The van der Waals surface area contributed by atoms with E-state index in [-0.39, 0.29) is 6.61 Å². The third-order valence-electron chi connectivity index (χ3n) is 3.13. The van der Waals surface area contributed by atoms with Gasteiger partial charge in [-0.15, -0.1) is 10.2 Å². The van der Waals surface area contributed by atoms with Gasteiger partial charge in [-0.25, -0.2) is 4.98 Å². The van der Waals surface area contributed by atoms with Crippen molar-refractivity contribution in [1.82, 2.24) is 19.7 Å². The van der Waals surface area contributed by atoms with Crippen LogP contribution in [-0.2, 0) is 13.7 Å². The summed E-state index contributed by atoms with van der Waals surface area (Å²) in [4.78, 5) is 4.15.